The average molecular weight is 184 g/mol. The van der Waals surface area contributed by atoms with Crippen molar-refractivity contribution >= 4 is 0 Å². The van der Waals surface area contributed by atoms with Gasteiger partial charge in [-0.1, -0.05) is 13.8 Å². The Morgan fingerprint density at radius 1 is 1.23 bits per heavy atom. The van der Waals surface area contributed by atoms with Crippen molar-refractivity contribution in [2.75, 3.05) is 19.6 Å². The molecule has 2 unspecified atom stereocenters. The summed E-state index contributed by atoms with van der Waals surface area (Å²) >= 11 is 0. The topological polar surface area (TPSA) is 38.0 Å². The standard InChI is InChI=1S/C11H24N2/c1-9(2)7-10-3-5-13-6-4-11(10)8-12/h9-11,13H,3-8,12H2,1-2H3. The van der Waals surface area contributed by atoms with Crippen LogP contribution in [0.4, 0.5) is 0 Å². The molecule has 0 aliphatic carbocycles. The first-order chi connectivity index (χ1) is 6.24. The van der Waals surface area contributed by atoms with Gasteiger partial charge in [-0.15, -0.1) is 0 Å². The minimum Gasteiger partial charge on any atom is -0.330 e. The molecule has 0 radical (unpaired) electrons. The van der Waals surface area contributed by atoms with Crippen molar-refractivity contribution in [3.05, 3.63) is 0 Å². The van der Waals surface area contributed by atoms with E-state index in [-0.39, 0.29) is 0 Å². The van der Waals surface area contributed by atoms with E-state index in [1.807, 2.05) is 0 Å². The van der Waals surface area contributed by atoms with Crippen molar-refractivity contribution < 1.29 is 0 Å². The van der Waals surface area contributed by atoms with Crippen LogP contribution in [0.25, 0.3) is 0 Å². The van der Waals surface area contributed by atoms with Crippen molar-refractivity contribution in [2.24, 2.45) is 23.5 Å². The molecular formula is C11H24N2. The minimum atomic E-state index is 0.761. The molecule has 1 aliphatic heterocycles. The Hall–Kier alpha value is -0.0800. The highest BCUT2D eigenvalue weighted by Gasteiger charge is 2.22. The highest BCUT2D eigenvalue weighted by atomic mass is 14.9. The van der Waals surface area contributed by atoms with E-state index in [9.17, 15) is 0 Å². The quantitative estimate of drug-likeness (QED) is 0.699. The van der Waals surface area contributed by atoms with Gasteiger partial charge in [0, 0.05) is 0 Å². The number of hydrogen-bond donors (Lipinski definition) is 2. The van der Waals surface area contributed by atoms with Crippen LogP contribution >= 0.6 is 0 Å². The zero-order valence-corrected chi connectivity index (χ0v) is 9.05. The van der Waals surface area contributed by atoms with Crippen molar-refractivity contribution in [2.45, 2.75) is 33.1 Å². The maximum Gasteiger partial charge on any atom is -0.00457 e. The maximum absolute atomic E-state index is 5.81. The molecular weight excluding hydrogens is 160 g/mol. The van der Waals surface area contributed by atoms with Crippen LogP contribution in [-0.2, 0) is 0 Å². The molecule has 1 saturated heterocycles. The van der Waals surface area contributed by atoms with Gasteiger partial charge in [0.05, 0.1) is 0 Å². The van der Waals surface area contributed by atoms with Crippen LogP contribution in [-0.4, -0.2) is 19.6 Å². The summed E-state index contributed by atoms with van der Waals surface area (Å²) in [5.74, 6) is 2.44. The summed E-state index contributed by atoms with van der Waals surface area (Å²) in [5, 5.41) is 3.46. The lowest BCUT2D eigenvalue weighted by Gasteiger charge is -2.24. The van der Waals surface area contributed by atoms with E-state index < -0.39 is 0 Å². The Labute approximate surface area is 82.3 Å². The van der Waals surface area contributed by atoms with Crippen LogP contribution < -0.4 is 11.1 Å². The molecule has 0 saturated carbocycles. The molecule has 1 aliphatic rings. The van der Waals surface area contributed by atoms with Crippen molar-refractivity contribution in [1.82, 2.24) is 5.32 Å². The predicted molar refractivity (Wildman–Crippen MR) is 57.6 cm³/mol. The molecule has 0 aromatic heterocycles. The molecule has 0 aromatic rings. The van der Waals surface area contributed by atoms with Gasteiger partial charge in [-0.3, -0.25) is 0 Å². The first-order valence-corrected chi connectivity index (χ1v) is 5.64. The van der Waals surface area contributed by atoms with Gasteiger partial charge in [0.25, 0.3) is 0 Å². The fourth-order valence-electron chi connectivity index (χ4n) is 2.40. The summed E-state index contributed by atoms with van der Waals surface area (Å²) in [4.78, 5) is 0. The van der Waals surface area contributed by atoms with Crippen LogP contribution in [0, 0.1) is 17.8 Å². The Kier molecular flexibility index (Phi) is 4.74. The third-order valence-corrected chi connectivity index (χ3v) is 3.13. The van der Waals surface area contributed by atoms with Gasteiger partial charge in [-0.05, 0) is 56.7 Å². The SMILES string of the molecule is CC(C)CC1CCNCCC1CN. The fourth-order valence-corrected chi connectivity index (χ4v) is 2.40. The lowest BCUT2D eigenvalue weighted by atomic mass is 9.82. The third-order valence-electron chi connectivity index (χ3n) is 3.13. The van der Waals surface area contributed by atoms with Crippen LogP contribution in [0.1, 0.15) is 33.1 Å². The molecule has 2 atom stereocenters. The van der Waals surface area contributed by atoms with E-state index in [0.717, 1.165) is 30.8 Å². The Morgan fingerprint density at radius 2 is 1.85 bits per heavy atom. The van der Waals surface area contributed by atoms with Gasteiger partial charge in [-0.25, -0.2) is 0 Å². The van der Waals surface area contributed by atoms with Crippen molar-refractivity contribution in [3.63, 3.8) is 0 Å². The highest BCUT2D eigenvalue weighted by Crippen LogP contribution is 2.26. The second-order valence-corrected chi connectivity index (χ2v) is 4.71. The van der Waals surface area contributed by atoms with E-state index in [1.165, 1.54) is 25.8 Å². The molecule has 13 heavy (non-hydrogen) atoms. The average Bonchev–Trinajstić information content (AvgIpc) is 2.28. The molecule has 78 valence electrons. The van der Waals surface area contributed by atoms with Gasteiger partial charge < -0.3 is 11.1 Å². The minimum absolute atomic E-state index is 0.761. The van der Waals surface area contributed by atoms with Crippen LogP contribution in [0.5, 0.6) is 0 Å². The summed E-state index contributed by atoms with van der Waals surface area (Å²) in [5.41, 5.74) is 5.81. The summed E-state index contributed by atoms with van der Waals surface area (Å²) in [6.45, 7) is 7.85. The first kappa shape index (κ1) is 11.0. The second kappa shape index (κ2) is 5.61. The molecule has 2 heteroatoms. The first-order valence-electron chi connectivity index (χ1n) is 5.64. The summed E-state index contributed by atoms with van der Waals surface area (Å²) in [7, 11) is 0. The van der Waals surface area contributed by atoms with E-state index in [2.05, 4.69) is 19.2 Å². The monoisotopic (exact) mass is 184 g/mol. The zero-order valence-electron chi connectivity index (χ0n) is 9.05. The van der Waals surface area contributed by atoms with Gasteiger partial charge >= 0.3 is 0 Å². The lowest BCUT2D eigenvalue weighted by molar-refractivity contribution is 0.278. The van der Waals surface area contributed by atoms with Gasteiger partial charge in [0.2, 0.25) is 0 Å². The smallest absolute Gasteiger partial charge is 0.00457 e. The van der Waals surface area contributed by atoms with Crippen LogP contribution in [0.15, 0.2) is 0 Å². The number of rotatable bonds is 3. The molecule has 0 spiro atoms. The van der Waals surface area contributed by atoms with Gasteiger partial charge in [-0.2, -0.15) is 0 Å². The summed E-state index contributed by atoms with van der Waals surface area (Å²) < 4.78 is 0. The molecule has 1 rings (SSSR count). The molecule has 1 heterocycles. The Bertz CT molecular complexity index is 134. The van der Waals surface area contributed by atoms with E-state index in [1.54, 1.807) is 0 Å². The fraction of sp³-hybridized carbons (Fsp3) is 1.00. The van der Waals surface area contributed by atoms with E-state index in [0.29, 0.717) is 0 Å². The summed E-state index contributed by atoms with van der Waals surface area (Å²) in [6.07, 6.45) is 3.94. The Morgan fingerprint density at radius 3 is 2.38 bits per heavy atom. The van der Waals surface area contributed by atoms with E-state index in [4.69, 9.17) is 5.73 Å². The van der Waals surface area contributed by atoms with Crippen LogP contribution in [0.3, 0.4) is 0 Å². The number of hydrogen-bond acceptors (Lipinski definition) is 2. The molecule has 0 amide bonds. The van der Waals surface area contributed by atoms with E-state index >= 15 is 0 Å². The Balaban J connectivity index is 2.44. The van der Waals surface area contributed by atoms with Crippen molar-refractivity contribution in [1.29, 1.82) is 0 Å². The molecule has 2 nitrogen and oxygen atoms in total. The molecule has 0 aromatic carbocycles. The zero-order chi connectivity index (χ0) is 9.68. The summed E-state index contributed by atoms with van der Waals surface area (Å²) in [6, 6.07) is 0. The lowest BCUT2D eigenvalue weighted by Crippen LogP contribution is -2.24. The largest absolute Gasteiger partial charge is 0.330 e. The highest BCUT2D eigenvalue weighted by molar-refractivity contribution is 4.77. The molecule has 3 N–H and O–H groups in total. The van der Waals surface area contributed by atoms with Crippen LogP contribution in [0.2, 0.25) is 0 Å². The molecule has 0 bridgehead atoms. The maximum atomic E-state index is 5.81. The normalized spacial score (nSPS) is 30.5. The molecule has 1 fully saturated rings. The van der Waals surface area contributed by atoms with Crippen molar-refractivity contribution in [3.8, 4) is 0 Å². The van der Waals surface area contributed by atoms with Gasteiger partial charge in [0.1, 0.15) is 0 Å². The second-order valence-electron chi connectivity index (χ2n) is 4.71. The van der Waals surface area contributed by atoms with Gasteiger partial charge in [0.15, 0.2) is 0 Å². The third kappa shape index (κ3) is 3.65. The number of nitrogens with one attached hydrogen (secondary N) is 1. The number of nitrogens with two attached hydrogens (primary N) is 1. The predicted octanol–water partition coefficient (Wildman–Crippen LogP) is 1.61.